The summed E-state index contributed by atoms with van der Waals surface area (Å²) in [6.07, 6.45) is 0. The number of nitrogens with zero attached hydrogens (tertiary/aromatic N) is 2. The number of phenolic OH excluding ortho intramolecular Hbond substituents is 1. The third-order valence-corrected chi connectivity index (χ3v) is 4.42. The summed E-state index contributed by atoms with van der Waals surface area (Å²) >= 11 is 0. The summed E-state index contributed by atoms with van der Waals surface area (Å²) in [5.41, 5.74) is 1.17. The molecule has 1 aromatic rings. The maximum atomic E-state index is 12.7. The lowest BCUT2D eigenvalue weighted by molar-refractivity contribution is -0.133. The molecule has 2 bridgehead atoms. The number of ether oxygens (including phenoxy) is 1. The van der Waals surface area contributed by atoms with Crippen LogP contribution in [0.1, 0.15) is 15.9 Å². The van der Waals surface area contributed by atoms with Gasteiger partial charge in [0.25, 0.3) is 5.91 Å². The van der Waals surface area contributed by atoms with Gasteiger partial charge in [0, 0.05) is 20.1 Å². The molecule has 2 aliphatic rings. The molecule has 6 nitrogen and oxygen atoms in total. The molecule has 2 heterocycles. The molecule has 2 fully saturated rings. The molecule has 0 spiro atoms. The quantitative estimate of drug-likeness (QED) is 0.826. The summed E-state index contributed by atoms with van der Waals surface area (Å²) in [6.45, 7) is 3.37. The van der Waals surface area contributed by atoms with Gasteiger partial charge in [-0.05, 0) is 24.6 Å². The number of benzene rings is 1. The SMILES string of the molecule is Cc1ccc(C(=O)N2C[C@@H]3COC[C@H](C2)N(C)C3=O)c(O)c1. The number of carbonyl (C=O) groups excluding carboxylic acids is 2. The number of carbonyl (C=O) groups is 2. The minimum Gasteiger partial charge on any atom is -0.507 e. The molecule has 2 aliphatic heterocycles. The van der Waals surface area contributed by atoms with Crippen LogP contribution >= 0.6 is 0 Å². The monoisotopic (exact) mass is 304 g/mol. The van der Waals surface area contributed by atoms with Crippen molar-refractivity contribution in [2.24, 2.45) is 5.92 Å². The lowest BCUT2D eigenvalue weighted by atomic mass is 10.1. The van der Waals surface area contributed by atoms with Crippen molar-refractivity contribution < 1.29 is 19.4 Å². The van der Waals surface area contributed by atoms with Crippen molar-refractivity contribution in [1.29, 1.82) is 0 Å². The van der Waals surface area contributed by atoms with Crippen molar-refractivity contribution in [3.8, 4) is 5.75 Å². The van der Waals surface area contributed by atoms with Crippen LogP contribution in [0.3, 0.4) is 0 Å². The lowest BCUT2D eigenvalue weighted by Gasteiger charge is -2.29. The zero-order valence-electron chi connectivity index (χ0n) is 12.8. The van der Waals surface area contributed by atoms with E-state index in [1.54, 1.807) is 35.0 Å². The first-order valence-electron chi connectivity index (χ1n) is 7.40. The Hall–Kier alpha value is -2.08. The number of aromatic hydroxyl groups is 1. The number of fused-ring (bicyclic) bond motifs is 3. The Morgan fingerprint density at radius 1 is 1.32 bits per heavy atom. The van der Waals surface area contributed by atoms with E-state index in [-0.39, 0.29) is 35.1 Å². The van der Waals surface area contributed by atoms with E-state index in [1.807, 2.05) is 6.92 Å². The first-order valence-corrected chi connectivity index (χ1v) is 7.40. The van der Waals surface area contributed by atoms with Crippen molar-refractivity contribution in [3.63, 3.8) is 0 Å². The van der Waals surface area contributed by atoms with Crippen LogP contribution < -0.4 is 0 Å². The predicted molar refractivity (Wildman–Crippen MR) is 79.6 cm³/mol. The van der Waals surface area contributed by atoms with Gasteiger partial charge >= 0.3 is 0 Å². The fraction of sp³-hybridized carbons (Fsp3) is 0.500. The minimum absolute atomic E-state index is 0.0182. The van der Waals surface area contributed by atoms with Gasteiger partial charge in [-0.1, -0.05) is 6.07 Å². The molecular weight excluding hydrogens is 284 g/mol. The van der Waals surface area contributed by atoms with Crippen molar-refractivity contribution in [2.75, 3.05) is 33.4 Å². The first-order chi connectivity index (χ1) is 10.5. The summed E-state index contributed by atoms with van der Waals surface area (Å²) in [7, 11) is 1.76. The predicted octanol–water partition coefficient (Wildman–Crippen LogP) is 0.630. The van der Waals surface area contributed by atoms with Gasteiger partial charge in [-0.15, -0.1) is 0 Å². The molecular formula is C16H20N2O4. The molecule has 2 atom stereocenters. The average Bonchev–Trinajstić information content (AvgIpc) is 2.64. The van der Waals surface area contributed by atoms with E-state index >= 15 is 0 Å². The molecule has 0 aromatic heterocycles. The number of amides is 2. The number of likely N-dealkylation sites (N-methyl/N-ethyl adjacent to an activating group) is 1. The van der Waals surface area contributed by atoms with Crippen LogP contribution in [0, 0.1) is 12.8 Å². The average molecular weight is 304 g/mol. The van der Waals surface area contributed by atoms with Gasteiger partial charge in [-0.25, -0.2) is 0 Å². The van der Waals surface area contributed by atoms with Crippen molar-refractivity contribution in [2.45, 2.75) is 13.0 Å². The normalized spacial score (nSPS) is 25.1. The standard InChI is InChI=1S/C16H20N2O4/c1-10-3-4-13(14(19)5-10)16(21)18-6-11-8-22-9-12(7-18)17(2)15(11)20/h3-5,11-12,19H,6-9H2,1-2H3/t11-,12+/m1/s1. The van der Waals surface area contributed by atoms with Crippen LogP contribution in [0.5, 0.6) is 5.75 Å². The maximum absolute atomic E-state index is 12.7. The van der Waals surface area contributed by atoms with Crippen LogP contribution in [-0.4, -0.2) is 66.1 Å². The van der Waals surface area contributed by atoms with Crippen LogP contribution in [-0.2, 0) is 9.53 Å². The van der Waals surface area contributed by atoms with Gasteiger partial charge in [0.2, 0.25) is 5.91 Å². The van der Waals surface area contributed by atoms with E-state index in [4.69, 9.17) is 4.74 Å². The van der Waals surface area contributed by atoms with Gasteiger partial charge in [0.15, 0.2) is 0 Å². The largest absolute Gasteiger partial charge is 0.507 e. The van der Waals surface area contributed by atoms with Crippen molar-refractivity contribution >= 4 is 11.8 Å². The molecule has 2 amide bonds. The van der Waals surface area contributed by atoms with Crippen LogP contribution in [0.15, 0.2) is 18.2 Å². The van der Waals surface area contributed by atoms with E-state index in [9.17, 15) is 14.7 Å². The summed E-state index contributed by atoms with van der Waals surface area (Å²) in [6, 6.07) is 4.87. The molecule has 1 N–H and O–H groups in total. The molecule has 1 aromatic carbocycles. The van der Waals surface area contributed by atoms with E-state index in [0.29, 0.717) is 26.3 Å². The minimum atomic E-state index is -0.339. The summed E-state index contributed by atoms with van der Waals surface area (Å²) in [5.74, 6) is -0.576. The second-order valence-corrected chi connectivity index (χ2v) is 6.07. The van der Waals surface area contributed by atoms with Crippen molar-refractivity contribution in [1.82, 2.24) is 9.80 Å². The first kappa shape index (κ1) is 14.8. The number of hydrogen-bond acceptors (Lipinski definition) is 4. The van der Waals surface area contributed by atoms with E-state index < -0.39 is 0 Å². The second-order valence-electron chi connectivity index (χ2n) is 6.07. The fourth-order valence-corrected chi connectivity index (χ4v) is 3.06. The molecule has 0 radical (unpaired) electrons. The van der Waals surface area contributed by atoms with Gasteiger partial charge in [-0.3, -0.25) is 9.59 Å². The van der Waals surface area contributed by atoms with Crippen LogP contribution in [0.2, 0.25) is 0 Å². The van der Waals surface area contributed by atoms with E-state index in [2.05, 4.69) is 0 Å². The molecule has 6 heteroatoms. The number of hydrogen-bond donors (Lipinski definition) is 1. The molecule has 118 valence electrons. The Kier molecular flexibility index (Phi) is 3.78. The van der Waals surface area contributed by atoms with Crippen LogP contribution in [0.25, 0.3) is 0 Å². The number of phenols is 1. The van der Waals surface area contributed by atoms with E-state index in [1.165, 1.54) is 0 Å². The Morgan fingerprint density at radius 3 is 2.82 bits per heavy atom. The highest BCUT2D eigenvalue weighted by atomic mass is 16.5. The Balaban J connectivity index is 1.88. The molecule has 0 aliphatic carbocycles. The van der Waals surface area contributed by atoms with Crippen LogP contribution in [0.4, 0.5) is 0 Å². The highest BCUT2D eigenvalue weighted by Crippen LogP contribution is 2.24. The van der Waals surface area contributed by atoms with E-state index in [0.717, 1.165) is 5.56 Å². The van der Waals surface area contributed by atoms with Gasteiger partial charge in [-0.2, -0.15) is 0 Å². The highest BCUT2D eigenvalue weighted by Gasteiger charge is 2.39. The third kappa shape index (κ3) is 2.54. The molecule has 22 heavy (non-hydrogen) atoms. The molecule has 0 saturated carbocycles. The number of aryl methyl sites for hydroxylation is 1. The fourth-order valence-electron chi connectivity index (χ4n) is 3.06. The second kappa shape index (κ2) is 5.61. The molecule has 0 unspecified atom stereocenters. The van der Waals surface area contributed by atoms with Crippen molar-refractivity contribution in [3.05, 3.63) is 29.3 Å². The summed E-state index contributed by atoms with van der Waals surface area (Å²) in [5, 5.41) is 10.0. The van der Waals surface area contributed by atoms with Gasteiger partial charge in [0.1, 0.15) is 5.75 Å². The Morgan fingerprint density at radius 2 is 2.09 bits per heavy atom. The Bertz CT molecular complexity index is 616. The highest BCUT2D eigenvalue weighted by molar-refractivity contribution is 5.97. The summed E-state index contributed by atoms with van der Waals surface area (Å²) < 4.78 is 5.53. The van der Waals surface area contributed by atoms with Gasteiger partial charge < -0.3 is 19.6 Å². The topological polar surface area (TPSA) is 70.1 Å². The maximum Gasteiger partial charge on any atom is 0.257 e. The third-order valence-electron chi connectivity index (χ3n) is 4.42. The Labute approximate surface area is 129 Å². The summed E-state index contributed by atoms with van der Waals surface area (Å²) in [4.78, 5) is 28.4. The van der Waals surface area contributed by atoms with Gasteiger partial charge in [0.05, 0.1) is 30.7 Å². The zero-order chi connectivity index (χ0) is 15.9. The lowest BCUT2D eigenvalue weighted by Crippen LogP contribution is -2.45. The molecule has 3 rings (SSSR count). The smallest absolute Gasteiger partial charge is 0.257 e. The zero-order valence-corrected chi connectivity index (χ0v) is 12.8. The molecule has 2 saturated heterocycles. The number of rotatable bonds is 1.